The Morgan fingerprint density at radius 2 is 1.95 bits per heavy atom. The molecule has 2 atom stereocenters. The molecule has 2 heterocycles. The van der Waals surface area contributed by atoms with Crippen molar-refractivity contribution >= 4 is 0 Å². The van der Waals surface area contributed by atoms with Crippen molar-refractivity contribution in [2.45, 2.75) is 70.1 Å². The van der Waals surface area contributed by atoms with Crippen LogP contribution in [-0.4, -0.2) is 27.4 Å². The summed E-state index contributed by atoms with van der Waals surface area (Å²) in [6, 6.07) is 0.569. The van der Waals surface area contributed by atoms with Crippen molar-refractivity contribution in [2.75, 3.05) is 6.54 Å². The number of rotatable bonds is 3. The molecule has 1 aliphatic heterocycles. The highest BCUT2D eigenvalue weighted by Crippen LogP contribution is 2.36. The fourth-order valence-corrected chi connectivity index (χ4v) is 3.46. The molecule has 0 amide bonds. The van der Waals surface area contributed by atoms with Crippen molar-refractivity contribution in [2.24, 2.45) is 5.73 Å². The van der Waals surface area contributed by atoms with Crippen LogP contribution in [0, 0.1) is 6.92 Å². The van der Waals surface area contributed by atoms with Crippen LogP contribution in [0.4, 0.5) is 0 Å². The van der Waals surface area contributed by atoms with Gasteiger partial charge >= 0.3 is 0 Å². The maximum absolute atomic E-state index is 5.99. The standard InChI is InChI=1S/C14H24N4O/c1-10-16-17-14(13-8-7-12(9-15)19-13)18(10)11-5-3-2-4-6-11/h11-13H,2-9,15H2,1H3. The summed E-state index contributed by atoms with van der Waals surface area (Å²) in [6.07, 6.45) is 8.85. The van der Waals surface area contributed by atoms with Gasteiger partial charge in [0.1, 0.15) is 11.9 Å². The lowest BCUT2D eigenvalue weighted by molar-refractivity contribution is 0.0410. The van der Waals surface area contributed by atoms with Crippen LogP contribution in [0.5, 0.6) is 0 Å². The van der Waals surface area contributed by atoms with Gasteiger partial charge in [-0.05, 0) is 32.6 Å². The molecule has 5 heteroatoms. The number of ether oxygens (including phenoxy) is 1. The van der Waals surface area contributed by atoms with Gasteiger partial charge in [0.2, 0.25) is 0 Å². The van der Waals surface area contributed by atoms with Crippen LogP contribution in [0.15, 0.2) is 0 Å². The van der Waals surface area contributed by atoms with Crippen LogP contribution in [0.25, 0.3) is 0 Å². The zero-order chi connectivity index (χ0) is 13.2. The van der Waals surface area contributed by atoms with Gasteiger partial charge < -0.3 is 15.0 Å². The van der Waals surface area contributed by atoms with E-state index < -0.39 is 0 Å². The Balaban J connectivity index is 1.82. The minimum Gasteiger partial charge on any atom is -0.366 e. The third-order valence-electron chi connectivity index (χ3n) is 4.49. The Kier molecular flexibility index (Phi) is 3.84. The molecule has 2 aliphatic rings. The van der Waals surface area contributed by atoms with E-state index in [1.807, 2.05) is 0 Å². The van der Waals surface area contributed by atoms with Gasteiger partial charge in [-0.1, -0.05) is 19.3 Å². The first-order chi connectivity index (χ1) is 9.29. The van der Waals surface area contributed by atoms with E-state index in [9.17, 15) is 0 Å². The Hall–Kier alpha value is -0.940. The molecule has 1 saturated carbocycles. The van der Waals surface area contributed by atoms with Gasteiger partial charge in [0.15, 0.2) is 5.82 Å². The number of hydrogen-bond acceptors (Lipinski definition) is 4. The summed E-state index contributed by atoms with van der Waals surface area (Å²) in [6.45, 7) is 2.66. The highest BCUT2D eigenvalue weighted by atomic mass is 16.5. The fraction of sp³-hybridized carbons (Fsp3) is 0.857. The lowest BCUT2D eigenvalue weighted by Gasteiger charge is -2.26. The van der Waals surface area contributed by atoms with Crippen molar-refractivity contribution in [1.29, 1.82) is 0 Å². The molecule has 2 fully saturated rings. The predicted octanol–water partition coefficient (Wildman–Crippen LogP) is 2.27. The second-order valence-electron chi connectivity index (χ2n) is 5.83. The molecule has 0 aromatic carbocycles. The smallest absolute Gasteiger partial charge is 0.162 e. The molecule has 0 bridgehead atoms. The van der Waals surface area contributed by atoms with Crippen LogP contribution < -0.4 is 5.73 Å². The predicted molar refractivity (Wildman–Crippen MR) is 72.8 cm³/mol. The van der Waals surface area contributed by atoms with Crippen molar-refractivity contribution in [3.63, 3.8) is 0 Å². The average Bonchev–Trinajstić information content (AvgIpc) is 3.05. The van der Waals surface area contributed by atoms with Gasteiger partial charge in [-0.15, -0.1) is 10.2 Å². The summed E-state index contributed by atoms with van der Waals surface area (Å²) in [5, 5.41) is 8.68. The first-order valence-electron chi connectivity index (χ1n) is 7.56. The number of nitrogens with zero attached hydrogens (tertiary/aromatic N) is 3. The Bertz CT molecular complexity index is 425. The highest BCUT2D eigenvalue weighted by Gasteiger charge is 2.32. The van der Waals surface area contributed by atoms with Gasteiger partial charge in [0.05, 0.1) is 6.10 Å². The molecule has 1 saturated heterocycles. The second-order valence-corrected chi connectivity index (χ2v) is 5.83. The van der Waals surface area contributed by atoms with Crippen LogP contribution in [-0.2, 0) is 4.74 Å². The monoisotopic (exact) mass is 264 g/mol. The zero-order valence-corrected chi connectivity index (χ0v) is 11.7. The van der Waals surface area contributed by atoms with Crippen LogP contribution >= 0.6 is 0 Å². The van der Waals surface area contributed by atoms with E-state index in [1.165, 1.54) is 32.1 Å². The van der Waals surface area contributed by atoms with Gasteiger partial charge in [0, 0.05) is 12.6 Å². The molecule has 1 aliphatic carbocycles. The van der Waals surface area contributed by atoms with E-state index in [4.69, 9.17) is 10.5 Å². The van der Waals surface area contributed by atoms with Crippen molar-refractivity contribution in [1.82, 2.24) is 14.8 Å². The first kappa shape index (κ1) is 13.1. The van der Waals surface area contributed by atoms with E-state index in [-0.39, 0.29) is 12.2 Å². The van der Waals surface area contributed by atoms with Crippen LogP contribution in [0.2, 0.25) is 0 Å². The molecule has 1 aromatic rings. The normalized spacial score (nSPS) is 28.9. The topological polar surface area (TPSA) is 66.0 Å². The molecule has 2 N–H and O–H groups in total. The van der Waals surface area contributed by atoms with E-state index in [1.54, 1.807) is 0 Å². The number of aryl methyl sites for hydroxylation is 1. The van der Waals surface area contributed by atoms with E-state index in [0.717, 1.165) is 24.5 Å². The maximum Gasteiger partial charge on any atom is 0.162 e. The molecular weight excluding hydrogens is 240 g/mol. The minimum absolute atomic E-state index is 0.0941. The molecule has 1 aromatic heterocycles. The lowest BCUT2D eigenvalue weighted by Crippen LogP contribution is -2.21. The zero-order valence-electron chi connectivity index (χ0n) is 11.7. The van der Waals surface area contributed by atoms with Crippen LogP contribution in [0.1, 0.15) is 68.7 Å². The summed E-state index contributed by atoms with van der Waals surface area (Å²) < 4.78 is 8.33. The van der Waals surface area contributed by atoms with Gasteiger partial charge in [-0.25, -0.2) is 0 Å². The Labute approximate surface area is 114 Å². The number of aromatic nitrogens is 3. The summed E-state index contributed by atoms with van der Waals surface area (Å²) in [4.78, 5) is 0. The lowest BCUT2D eigenvalue weighted by atomic mass is 9.95. The third kappa shape index (κ3) is 2.54. The van der Waals surface area contributed by atoms with Crippen molar-refractivity contribution in [3.8, 4) is 0 Å². The quantitative estimate of drug-likeness (QED) is 0.909. The molecule has 19 heavy (non-hydrogen) atoms. The first-order valence-corrected chi connectivity index (χ1v) is 7.56. The maximum atomic E-state index is 5.99. The molecule has 3 rings (SSSR count). The molecule has 5 nitrogen and oxygen atoms in total. The molecule has 0 spiro atoms. The van der Waals surface area contributed by atoms with Gasteiger partial charge in [0.25, 0.3) is 0 Å². The van der Waals surface area contributed by atoms with E-state index in [0.29, 0.717) is 12.6 Å². The summed E-state index contributed by atoms with van der Waals surface area (Å²) in [5.74, 6) is 2.06. The van der Waals surface area contributed by atoms with E-state index >= 15 is 0 Å². The van der Waals surface area contributed by atoms with Gasteiger partial charge in [-0.2, -0.15) is 0 Å². The van der Waals surface area contributed by atoms with Crippen LogP contribution in [0.3, 0.4) is 0 Å². The Morgan fingerprint density at radius 1 is 1.16 bits per heavy atom. The molecule has 106 valence electrons. The minimum atomic E-state index is 0.0941. The third-order valence-corrected chi connectivity index (χ3v) is 4.49. The SMILES string of the molecule is Cc1nnc(C2CCC(CN)O2)n1C1CCCCC1. The number of hydrogen-bond donors (Lipinski definition) is 1. The average molecular weight is 264 g/mol. The summed E-state index contributed by atoms with van der Waals surface area (Å²) in [7, 11) is 0. The summed E-state index contributed by atoms with van der Waals surface area (Å²) in [5.41, 5.74) is 5.69. The summed E-state index contributed by atoms with van der Waals surface area (Å²) >= 11 is 0. The number of nitrogens with two attached hydrogens (primary N) is 1. The molecule has 0 radical (unpaired) electrons. The van der Waals surface area contributed by atoms with Crippen molar-refractivity contribution in [3.05, 3.63) is 11.6 Å². The van der Waals surface area contributed by atoms with Gasteiger partial charge in [-0.3, -0.25) is 0 Å². The second kappa shape index (κ2) is 5.59. The van der Waals surface area contributed by atoms with Crippen molar-refractivity contribution < 1.29 is 4.74 Å². The van der Waals surface area contributed by atoms with E-state index in [2.05, 4.69) is 21.7 Å². The Morgan fingerprint density at radius 3 is 2.63 bits per heavy atom. The fourth-order valence-electron chi connectivity index (χ4n) is 3.46. The largest absolute Gasteiger partial charge is 0.366 e. The molecule has 2 unspecified atom stereocenters. The molecular formula is C14H24N4O. The highest BCUT2D eigenvalue weighted by molar-refractivity contribution is 5.03.